The van der Waals surface area contributed by atoms with Gasteiger partial charge in [-0.2, -0.15) is 0 Å². The predicted molar refractivity (Wildman–Crippen MR) is 100 cm³/mol. The third-order valence-corrected chi connectivity index (χ3v) is 5.58. The van der Waals surface area contributed by atoms with Gasteiger partial charge in [0.05, 0.1) is 4.88 Å². The van der Waals surface area contributed by atoms with Crippen LogP contribution in [0.15, 0.2) is 18.2 Å². The Morgan fingerprint density at radius 1 is 1.12 bits per heavy atom. The Hall–Kier alpha value is -2.27. The number of amides is 1. The number of nitrogens with one attached hydrogen (secondary N) is 1. The minimum Gasteiger partial charge on any atom is -0.321 e. The summed E-state index contributed by atoms with van der Waals surface area (Å²) in [5.74, 6) is 0.740. The number of nitrogens with zero attached hydrogens (tertiary/aromatic N) is 2. The fraction of sp³-hybridized carbons (Fsp3) is 0.316. The highest BCUT2D eigenvalue weighted by Crippen LogP contribution is 2.32. The Bertz CT molecular complexity index is 943. The second-order valence-electron chi connectivity index (χ2n) is 6.02. The molecule has 0 unspecified atom stereocenters. The van der Waals surface area contributed by atoms with Gasteiger partial charge in [0.2, 0.25) is 0 Å². The van der Waals surface area contributed by atoms with E-state index in [1.54, 1.807) is 0 Å². The Morgan fingerprint density at radius 3 is 2.58 bits per heavy atom. The summed E-state index contributed by atoms with van der Waals surface area (Å²) in [4.78, 5) is 23.5. The first kappa shape index (κ1) is 16.6. The predicted octanol–water partition coefficient (Wildman–Crippen LogP) is 4.74. The zero-order valence-electron chi connectivity index (χ0n) is 14.7. The normalized spacial score (nSPS) is 11.0. The molecule has 0 aliphatic carbocycles. The Labute approximate surface area is 146 Å². The van der Waals surface area contributed by atoms with Gasteiger partial charge in [0.25, 0.3) is 5.91 Å². The SMILES string of the molecule is CCc1nc(C)c2c(C)c(C(=O)Nc3cccc(C)c3C)sc2n1. The van der Waals surface area contributed by atoms with Crippen molar-refractivity contribution in [3.63, 3.8) is 0 Å². The number of thiophene rings is 1. The van der Waals surface area contributed by atoms with Crippen molar-refractivity contribution in [1.82, 2.24) is 9.97 Å². The maximum absolute atomic E-state index is 12.8. The van der Waals surface area contributed by atoms with E-state index in [2.05, 4.69) is 15.3 Å². The topological polar surface area (TPSA) is 54.9 Å². The van der Waals surface area contributed by atoms with Gasteiger partial charge in [-0.1, -0.05) is 19.1 Å². The van der Waals surface area contributed by atoms with Crippen LogP contribution < -0.4 is 5.32 Å². The van der Waals surface area contributed by atoms with Crippen LogP contribution in [0.2, 0.25) is 0 Å². The van der Waals surface area contributed by atoms with Crippen LogP contribution in [0.3, 0.4) is 0 Å². The van der Waals surface area contributed by atoms with E-state index >= 15 is 0 Å². The van der Waals surface area contributed by atoms with E-state index < -0.39 is 0 Å². The highest BCUT2D eigenvalue weighted by molar-refractivity contribution is 7.20. The summed E-state index contributed by atoms with van der Waals surface area (Å²) in [7, 11) is 0. The van der Waals surface area contributed by atoms with Crippen LogP contribution in [0.1, 0.15) is 44.8 Å². The number of anilines is 1. The Morgan fingerprint density at radius 2 is 1.88 bits per heavy atom. The number of benzene rings is 1. The molecule has 3 rings (SSSR count). The zero-order chi connectivity index (χ0) is 17.4. The summed E-state index contributed by atoms with van der Waals surface area (Å²) in [6.45, 7) is 10.1. The molecule has 0 saturated carbocycles. The number of carbonyl (C=O) groups excluding carboxylic acids is 1. The fourth-order valence-corrected chi connectivity index (χ4v) is 3.98. The molecule has 0 saturated heterocycles. The van der Waals surface area contributed by atoms with Gasteiger partial charge in [0.1, 0.15) is 10.7 Å². The minimum atomic E-state index is -0.0818. The van der Waals surface area contributed by atoms with E-state index in [0.717, 1.165) is 50.5 Å². The van der Waals surface area contributed by atoms with E-state index in [9.17, 15) is 4.79 Å². The molecule has 3 aromatic rings. The zero-order valence-corrected chi connectivity index (χ0v) is 15.5. The van der Waals surface area contributed by atoms with E-state index in [-0.39, 0.29) is 5.91 Å². The fourth-order valence-electron chi connectivity index (χ4n) is 2.84. The molecule has 0 radical (unpaired) electrons. The number of rotatable bonds is 3. The molecule has 2 aromatic heterocycles. The molecule has 4 nitrogen and oxygen atoms in total. The number of hydrogen-bond donors (Lipinski definition) is 1. The maximum Gasteiger partial charge on any atom is 0.266 e. The van der Waals surface area contributed by atoms with E-state index in [1.165, 1.54) is 11.3 Å². The average Bonchev–Trinajstić information content (AvgIpc) is 2.89. The highest BCUT2D eigenvalue weighted by Gasteiger charge is 2.19. The lowest BCUT2D eigenvalue weighted by atomic mass is 10.1. The quantitative estimate of drug-likeness (QED) is 0.750. The van der Waals surface area contributed by atoms with Crippen LogP contribution in [0.5, 0.6) is 0 Å². The number of carbonyl (C=O) groups is 1. The number of aromatic nitrogens is 2. The van der Waals surface area contributed by atoms with Gasteiger partial charge in [0, 0.05) is 23.2 Å². The molecule has 0 aliphatic heterocycles. The van der Waals surface area contributed by atoms with Crippen LogP contribution >= 0.6 is 11.3 Å². The number of hydrogen-bond acceptors (Lipinski definition) is 4. The summed E-state index contributed by atoms with van der Waals surface area (Å²) in [6, 6.07) is 5.93. The molecular weight excluding hydrogens is 318 g/mol. The smallest absolute Gasteiger partial charge is 0.266 e. The van der Waals surface area contributed by atoms with Crippen molar-refractivity contribution in [2.75, 3.05) is 5.32 Å². The molecule has 0 aliphatic rings. The molecule has 24 heavy (non-hydrogen) atoms. The largest absolute Gasteiger partial charge is 0.321 e. The van der Waals surface area contributed by atoms with Crippen LogP contribution in [-0.2, 0) is 6.42 Å². The maximum atomic E-state index is 12.8. The third kappa shape index (κ3) is 2.80. The van der Waals surface area contributed by atoms with Crippen molar-refractivity contribution >= 4 is 33.1 Å². The van der Waals surface area contributed by atoms with Gasteiger partial charge >= 0.3 is 0 Å². The highest BCUT2D eigenvalue weighted by atomic mass is 32.1. The first-order chi connectivity index (χ1) is 11.4. The minimum absolute atomic E-state index is 0.0818. The molecule has 0 bridgehead atoms. The molecule has 1 amide bonds. The molecule has 124 valence electrons. The second-order valence-corrected chi connectivity index (χ2v) is 7.02. The van der Waals surface area contributed by atoms with Crippen molar-refractivity contribution in [3.8, 4) is 0 Å². The lowest BCUT2D eigenvalue weighted by Gasteiger charge is -2.10. The van der Waals surface area contributed by atoms with Crippen molar-refractivity contribution < 1.29 is 4.79 Å². The number of aryl methyl sites for hydroxylation is 4. The molecule has 0 atom stereocenters. The summed E-state index contributed by atoms with van der Waals surface area (Å²) in [5.41, 5.74) is 5.01. The van der Waals surface area contributed by atoms with Crippen molar-refractivity contribution in [2.45, 2.75) is 41.0 Å². The Balaban J connectivity index is 2.03. The van der Waals surface area contributed by atoms with Gasteiger partial charge in [-0.05, 0) is 50.5 Å². The summed E-state index contributed by atoms with van der Waals surface area (Å²) in [5, 5.41) is 4.04. The molecule has 0 spiro atoms. The van der Waals surface area contributed by atoms with Crippen LogP contribution in [-0.4, -0.2) is 15.9 Å². The first-order valence-corrected chi connectivity index (χ1v) is 8.88. The Kier molecular flexibility index (Phi) is 4.37. The van der Waals surface area contributed by atoms with Crippen molar-refractivity contribution in [2.24, 2.45) is 0 Å². The van der Waals surface area contributed by atoms with Gasteiger partial charge in [0.15, 0.2) is 0 Å². The van der Waals surface area contributed by atoms with Crippen molar-refractivity contribution in [1.29, 1.82) is 0 Å². The van der Waals surface area contributed by atoms with Gasteiger partial charge in [-0.3, -0.25) is 4.79 Å². The van der Waals surface area contributed by atoms with Gasteiger partial charge in [-0.15, -0.1) is 11.3 Å². The molecule has 1 N–H and O–H groups in total. The van der Waals surface area contributed by atoms with E-state index in [0.29, 0.717) is 4.88 Å². The lowest BCUT2D eigenvalue weighted by Crippen LogP contribution is -2.12. The average molecular weight is 339 g/mol. The van der Waals surface area contributed by atoms with Crippen molar-refractivity contribution in [3.05, 3.63) is 51.3 Å². The monoisotopic (exact) mass is 339 g/mol. The molecule has 1 aromatic carbocycles. The lowest BCUT2D eigenvalue weighted by molar-refractivity contribution is 0.103. The van der Waals surface area contributed by atoms with E-state index in [4.69, 9.17) is 0 Å². The molecular formula is C19H21N3OS. The summed E-state index contributed by atoms with van der Waals surface area (Å²) >= 11 is 1.44. The molecule has 2 heterocycles. The van der Waals surface area contributed by atoms with Gasteiger partial charge < -0.3 is 5.32 Å². The molecule has 0 fully saturated rings. The van der Waals surface area contributed by atoms with Crippen LogP contribution in [0.25, 0.3) is 10.2 Å². The standard InChI is InChI=1S/C19H21N3OS/c1-6-15-20-13(5)16-12(4)17(24-19(16)22-15)18(23)21-14-9-7-8-10(2)11(14)3/h7-9H,6H2,1-5H3,(H,21,23). The van der Waals surface area contributed by atoms with Crippen LogP contribution in [0.4, 0.5) is 5.69 Å². The molecule has 5 heteroatoms. The van der Waals surface area contributed by atoms with Gasteiger partial charge in [-0.25, -0.2) is 9.97 Å². The number of fused-ring (bicyclic) bond motifs is 1. The summed E-state index contributed by atoms with van der Waals surface area (Å²) in [6.07, 6.45) is 0.789. The first-order valence-electron chi connectivity index (χ1n) is 8.06. The second kappa shape index (κ2) is 6.32. The third-order valence-electron chi connectivity index (χ3n) is 4.39. The van der Waals surface area contributed by atoms with E-state index in [1.807, 2.05) is 52.8 Å². The van der Waals surface area contributed by atoms with Crippen LogP contribution in [0, 0.1) is 27.7 Å². The summed E-state index contributed by atoms with van der Waals surface area (Å²) < 4.78 is 0.